The van der Waals surface area contributed by atoms with Crippen LogP contribution in [0.15, 0.2) is 0 Å². The number of hydrogen-bond donors (Lipinski definition) is 0. The molecule has 0 aromatic carbocycles. The molecule has 0 amide bonds. The monoisotopic (exact) mass is 283 g/mol. The zero-order chi connectivity index (χ0) is 15.4. The molecule has 20 heavy (non-hydrogen) atoms. The van der Waals surface area contributed by atoms with Crippen LogP contribution < -0.4 is 0 Å². The first-order valence-corrected chi connectivity index (χ1v) is 8.32. The number of rotatable bonds is 13. The van der Waals surface area contributed by atoms with Crippen molar-refractivity contribution in [2.45, 2.75) is 79.1 Å². The van der Waals surface area contributed by atoms with Crippen molar-refractivity contribution in [1.82, 2.24) is 0 Å². The summed E-state index contributed by atoms with van der Waals surface area (Å²) < 4.78 is 5.43. The number of methoxy groups -OCH3 is 1. The molecule has 0 aliphatic heterocycles. The number of carbonyl (C=O) groups is 1. The van der Waals surface area contributed by atoms with Crippen LogP contribution in [0.2, 0.25) is 0 Å². The third kappa shape index (κ3) is 7.42. The van der Waals surface area contributed by atoms with Crippen LogP contribution in [0.5, 0.6) is 0 Å². The van der Waals surface area contributed by atoms with E-state index >= 15 is 0 Å². The molecular formula is C18H35O2. The van der Waals surface area contributed by atoms with Gasteiger partial charge in [0.15, 0.2) is 0 Å². The lowest BCUT2D eigenvalue weighted by atomic mass is 9.73. The molecule has 0 aromatic heterocycles. The maximum Gasteiger partial charge on any atom is 0.141 e. The van der Waals surface area contributed by atoms with Gasteiger partial charge in [0.2, 0.25) is 0 Å². The summed E-state index contributed by atoms with van der Waals surface area (Å²) in [5.41, 5.74) is -0.251. The fourth-order valence-electron chi connectivity index (χ4n) is 2.69. The highest BCUT2D eigenvalue weighted by atomic mass is 16.5. The van der Waals surface area contributed by atoms with Crippen molar-refractivity contribution in [2.75, 3.05) is 13.7 Å². The van der Waals surface area contributed by atoms with Gasteiger partial charge in [-0.2, -0.15) is 0 Å². The Morgan fingerprint density at radius 2 is 1.95 bits per heavy atom. The molecule has 1 radical (unpaired) electrons. The Morgan fingerprint density at radius 3 is 2.45 bits per heavy atom. The minimum atomic E-state index is -0.251. The molecule has 0 aliphatic rings. The zero-order valence-electron chi connectivity index (χ0n) is 14.3. The number of carbonyl (C=O) groups excluding carboxylic acids is 1. The zero-order valence-corrected chi connectivity index (χ0v) is 14.3. The van der Waals surface area contributed by atoms with Crippen molar-refractivity contribution in [3.8, 4) is 0 Å². The van der Waals surface area contributed by atoms with E-state index in [1.54, 1.807) is 7.11 Å². The second-order valence-electron chi connectivity index (χ2n) is 6.47. The lowest BCUT2D eigenvalue weighted by Crippen LogP contribution is -2.36. The fourth-order valence-corrected chi connectivity index (χ4v) is 2.69. The first-order valence-electron chi connectivity index (χ1n) is 8.32. The van der Waals surface area contributed by atoms with Gasteiger partial charge in [-0.25, -0.2) is 0 Å². The van der Waals surface area contributed by atoms with Crippen molar-refractivity contribution in [1.29, 1.82) is 0 Å². The van der Waals surface area contributed by atoms with Gasteiger partial charge in [-0.3, -0.25) is 4.79 Å². The van der Waals surface area contributed by atoms with Crippen LogP contribution in [0, 0.1) is 17.8 Å². The van der Waals surface area contributed by atoms with Crippen LogP contribution in [0.25, 0.3) is 0 Å². The highest BCUT2D eigenvalue weighted by Crippen LogP contribution is 2.35. The number of ether oxygens (including phenoxy) is 1. The standard InChI is InChI=1S/C18H35O2/c1-6-8-10-11-17(19)18(15-20-5,13-9-7-2)14-12-16(3)4/h7,16H,6,8-15H2,1-5H3. The molecule has 119 valence electrons. The van der Waals surface area contributed by atoms with Gasteiger partial charge in [0.05, 0.1) is 12.0 Å². The second-order valence-corrected chi connectivity index (χ2v) is 6.47. The summed E-state index contributed by atoms with van der Waals surface area (Å²) in [5, 5.41) is 0. The fraction of sp³-hybridized carbons (Fsp3) is 0.889. The molecule has 0 aliphatic carbocycles. The molecule has 0 aromatic rings. The topological polar surface area (TPSA) is 26.3 Å². The summed E-state index contributed by atoms with van der Waals surface area (Å²) in [6.45, 7) is 9.29. The van der Waals surface area contributed by atoms with Gasteiger partial charge in [0.1, 0.15) is 5.78 Å². The Morgan fingerprint density at radius 1 is 1.25 bits per heavy atom. The van der Waals surface area contributed by atoms with Gasteiger partial charge in [-0.1, -0.05) is 40.5 Å². The first-order chi connectivity index (χ1) is 9.52. The maximum atomic E-state index is 12.8. The molecule has 0 N–H and O–H groups in total. The third-order valence-corrected chi connectivity index (χ3v) is 4.13. The second kappa shape index (κ2) is 11.3. The molecule has 0 saturated heterocycles. The van der Waals surface area contributed by atoms with Crippen LogP contribution in [-0.2, 0) is 9.53 Å². The van der Waals surface area contributed by atoms with Crippen LogP contribution in [0.4, 0.5) is 0 Å². The SMILES string of the molecule is C[CH]CCC(CCC(C)C)(COC)C(=O)CCCCC. The Balaban J connectivity index is 4.79. The molecule has 1 unspecified atom stereocenters. The van der Waals surface area contributed by atoms with Gasteiger partial charge in [0.25, 0.3) is 0 Å². The van der Waals surface area contributed by atoms with Crippen molar-refractivity contribution in [3.05, 3.63) is 6.42 Å². The summed E-state index contributed by atoms with van der Waals surface area (Å²) in [7, 11) is 1.72. The number of unbranched alkanes of at least 4 members (excludes halogenated alkanes) is 3. The van der Waals surface area contributed by atoms with E-state index < -0.39 is 0 Å². The van der Waals surface area contributed by atoms with Crippen LogP contribution in [-0.4, -0.2) is 19.5 Å². The molecule has 0 spiro atoms. The van der Waals surface area contributed by atoms with E-state index in [9.17, 15) is 4.79 Å². The molecule has 0 bridgehead atoms. The van der Waals surface area contributed by atoms with Gasteiger partial charge >= 0.3 is 0 Å². The van der Waals surface area contributed by atoms with E-state index in [1.807, 2.05) is 0 Å². The highest BCUT2D eigenvalue weighted by molar-refractivity contribution is 5.85. The summed E-state index contributed by atoms with van der Waals surface area (Å²) in [4.78, 5) is 12.8. The minimum absolute atomic E-state index is 0.251. The van der Waals surface area contributed by atoms with Gasteiger partial charge in [-0.15, -0.1) is 0 Å². The van der Waals surface area contributed by atoms with E-state index in [4.69, 9.17) is 4.74 Å². The predicted octanol–water partition coefficient (Wildman–Crippen LogP) is 5.21. The summed E-state index contributed by atoms with van der Waals surface area (Å²) in [5.74, 6) is 1.07. The highest BCUT2D eigenvalue weighted by Gasteiger charge is 2.36. The molecule has 0 fully saturated rings. The van der Waals surface area contributed by atoms with E-state index in [2.05, 4.69) is 34.1 Å². The van der Waals surface area contributed by atoms with Crippen LogP contribution in [0.1, 0.15) is 79.1 Å². The van der Waals surface area contributed by atoms with Crippen molar-refractivity contribution in [3.63, 3.8) is 0 Å². The smallest absolute Gasteiger partial charge is 0.141 e. The Hall–Kier alpha value is -0.370. The van der Waals surface area contributed by atoms with Gasteiger partial charge in [0, 0.05) is 13.5 Å². The molecule has 0 rings (SSSR count). The van der Waals surface area contributed by atoms with E-state index in [0.29, 0.717) is 18.3 Å². The molecule has 0 heterocycles. The molecule has 2 heteroatoms. The largest absolute Gasteiger partial charge is 0.384 e. The number of ketones is 1. The molecule has 1 atom stereocenters. The Labute approximate surface area is 126 Å². The van der Waals surface area contributed by atoms with Crippen molar-refractivity contribution < 1.29 is 9.53 Å². The molecule has 0 saturated carbocycles. The average molecular weight is 283 g/mol. The lowest BCUT2D eigenvalue weighted by Gasteiger charge is -2.32. The Bertz CT molecular complexity index is 248. The van der Waals surface area contributed by atoms with Gasteiger partial charge in [-0.05, 0) is 44.4 Å². The van der Waals surface area contributed by atoms with Crippen molar-refractivity contribution in [2.24, 2.45) is 11.3 Å². The Kier molecular flexibility index (Phi) is 11.1. The quantitative estimate of drug-likeness (QED) is 0.434. The van der Waals surface area contributed by atoms with Crippen LogP contribution in [0.3, 0.4) is 0 Å². The van der Waals surface area contributed by atoms with E-state index in [0.717, 1.165) is 44.9 Å². The average Bonchev–Trinajstić information content (AvgIpc) is 2.42. The number of hydrogen-bond acceptors (Lipinski definition) is 2. The minimum Gasteiger partial charge on any atom is -0.384 e. The maximum absolute atomic E-state index is 12.8. The normalized spacial score (nSPS) is 14.5. The van der Waals surface area contributed by atoms with Crippen LogP contribution >= 0.6 is 0 Å². The summed E-state index contributed by atoms with van der Waals surface area (Å²) >= 11 is 0. The van der Waals surface area contributed by atoms with E-state index in [-0.39, 0.29) is 5.41 Å². The summed E-state index contributed by atoms with van der Waals surface area (Å²) in [6.07, 6.45) is 10.2. The number of Topliss-reactive ketones (excluding diaryl/α,β-unsaturated/α-hetero) is 1. The lowest BCUT2D eigenvalue weighted by molar-refractivity contribution is -0.133. The van der Waals surface area contributed by atoms with E-state index in [1.165, 1.54) is 6.42 Å². The van der Waals surface area contributed by atoms with Gasteiger partial charge < -0.3 is 4.74 Å². The van der Waals surface area contributed by atoms with Crippen molar-refractivity contribution >= 4 is 5.78 Å². The third-order valence-electron chi connectivity index (χ3n) is 4.13. The predicted molar refractivity (Wildman–Crippen MR) is 86.7 cm³/mol. The molecule has 2 nitrogen and oxygen atoms in total. The summed E-state index contributed by atoms with van der Waals surface area (Å²) in [6, 6.07) is 0. The first kappa shape index (κ1) is 19.6. The molecular weight excluding hydrogens is 248 g/mol.